The van der Waals surface area contributed by atoms with Gasteiger partial charge in [-0.25, -0.2) is 4.48 Å². The van der Waals surface area contributed by atoms with Gasteiger partial charge in [-0.3, -0.25) is 0 Å². The first-order valence-corrected chi connectivity index (χ1v) is 7.93. The quantitative estimate of drug-likeness (QED) is 0.608. The van der Waals surface area contributed by atoms with E-state index in [1.807, 2.05) is 0 Å². The van der Waals surface area contributed by atoms with Crippen molar-refractivity contribution in [3.63, 3.8) is 0 Å². The van der Waals surface area contributed by atoms with E-state index in [1.165, 1.54) is 17.1 Å². The Morgan fingerprint density at radius 1 is 0.565 bits per heavy atom. The maximum atomic E-state index is 2.25. The molecular formula is C21H22BrN. The summed E-state index contributed by atoms with van der Waals surface area (Å²) in [6, 6.07) is 32.4. The van der Waals surface area contributed by atoms with Crippen molar-refractivity contribution in [2.75, 3.05) is 6.54 Å². The number of benzene rings is 3. The molecule has 0 bridgehead atoms. The summed E-state index contributed by atoms with van der Waals surface area (Å²) in [4.78, 5) is 0. The van der Waals surface area contributed by atoms with Gasteiger partial charge in [0.05, 0.1) is 6.54 Å². The molecule has 0 saturated heterocycles. The predicted octanol–water partition coefficient (Wildman–Crippen LogP) is 3.07. The minimum absolute atomic E-state index is 0. The lowest BCUT2D eigenvalue weighted by Crippen LogP contribution is -3.00. The maximum Gasteiger partial charge on any atom is 0.143 e. The first-order chi connectivity index (χ1) is 10.9. The van der Waals surface area contributed by atoms with Crippen LogP contribution in [0, 0.1) is 0 Å². The summed E-state index contributed by atoms with van der Waals surface area (Å²) in [6.45, 7) is 3.29. The van der Waals surface area contributed by atoms with Gasteiger partial charge in [0.2, 0.25) is 0 Å². The second-order valence-corrected chi connectivity index (χ2v) is 5.54. The Hall–Kier alpha value is -1.90. The highest BCUT2D eigenvalue weighted by molar-refractivity contribution is 5.70. The Bertz CT molecular complexity index is 599. The minimum Gasteiger partial charge on any atom is -1.00 e. The molecule has 0 atom stereocenters. The number of rotatable bonds is 5. The molecule has 0 heterocycles. The second kappa shape index (κ2) is 8.09. The lowest BCUT2D eigenvalue weighted by atomic mass is 10.1. The van der Waals surface area contributed by atoms with Gasteiger partial charge in [-0.05, 0) is 42.8 Å². The number of hydrogen-bond acceptors (Lipinski definition) is 0. The standard InChI is InChI=1S/C21H22N.BrH/c1-2-18-22(19-12-6-3-7-13-19,20-14-8-4-9-15-20)21-16-10-5-11-17-21;/h3-17H,2,18H2,1H3;1H/q+1;/p-1. The summed E-state index contributed by atoms with van der Waals surface area (Å²) in [5, 5.41) is 0. The van der Waals surface area contributed by atoms with E-state index in [9.17, 15) is 0 Å². The summed E-state index contributed by atoms with van der Waals surface area (Å²) in [7, 11) is 0. The Labute approximate surface area is 149 Å². The molecule has 3 aromatic carbocycles. The van der Waals surface area contributed by atoms with Crippen LogP contribution in [-0.2, 0) is 0 Å². The molecule has 0 fully saturated rings. The van der Waals surface area contributed by atoms with Crippen molar-refractivity contribution in [3.05, 3.63) is 91.0 Å². The Kier molecular flexibility index (Phi) is 6.14. The van der Waals surface area contributed by atoms with Crippen molar-refractivity contribution in [1.82, 2.24) is 4.48 Å². The van der Waals surface area contributed by atoms with E-state index < -0.39 is 0 Å². The van der Waals surface area contributed by atoms with Crippen molar-refractivity contribution < 1.29 is 17.0 Å². The van der Waals surface area contributed by atoms with E-state index in [0.29, 0.717) is 0 Å². The zero-order chi connectivity index (χ0) is 15.3. The zero-order valence-electron chi connectivity index (χ0n) is 13.4. The smallest absolute Gasteiger partial charge is 0.143 e. The summed E-state index contributed by atoms with van der Waals surface area (Å²) in [5.41, 5.74) is 3.92. The Morgan fingerprint density at radius 3 is 1.13 bits per heavy atom. The molecule has 0 aliphatic heterocycles. The molecule has 0 aromatic heterocycles. The van der Waals surface area contributed by atoms with Crippen LogP contribution in [0.3, 0.4) is 0 Å². The molecule has 0 aliphatic rings. The van der Waals surface area contributed by atoms with Gasteiger partial charge < -0.3 is 17.0 Å². The van der Waals surface area contributed by atoms with Crippen LogP contribution in [0.15, 0.2) is 91.0 Å². The van der Waals surface area contributed by atoms with Crippen LogP contribution < -0.4 is 21.5 Å². The third-order valence-electron chi connectivity index (χ3n) is 4.15. The zero-order valence-corrected chi connectivity index (χ0v) is 15.0. The molecule has 3 aromatic rings. The first kappa shape index (κ1) is 17.5. The summed E-state index contributed by atoms with van der Waals surface area (Å²) < 4.78 is 0.763. The Morgan fingerprint density at radius 2 is 0.870 bits per heavy atom. The van der Waals surface area contributed by atoms with Crippen molar-refractivity contribution >= 4 is 17.1 Å². The van der Waals surface area contributed by atoms with Crippen LogP contribution in [0.2, 0.25) is 0 Å². The van der Waals surface area contributed by atoms with Crippen molar-refractivity contribution in [2.24, 2.45) is 0 Å². The topological polar surface area (TPSA) is 0 Å². The number of nitrogens with zero attached hydrogens (tertiary/aromatic N) is 1. The second-order valence-electron chi connectivity index (χ2n) is 5.54. The fourth-order valence-electron chi connectivity index (χ4n) is 3.22. The highest BCUT2D eigenvalue weighted by Crippen LogP contribution is 2.43. The molecule has 0 N–H and O–H groups in total. The summed E-state index contributed by atoms with van der Waals surface area (Å²) in [5.74, 6) is 0. The molecule has 0 aliphatic carbocycles. The van der Waals surface area contributed by atoms with Crippen LogP contribution in [0.25, 0.3) is 0 Å². The van der Waals surface area contributed by atoms with Crippen molar-refractivity contribution in [1.29, 1.82) is 0 Å². The number of halogens is 1. The first-order valence-electron chi connectivity index (χ1n) is 7.93. The Balaban J connectivity index is 0.00000192. The lowest BCUT2D eigenvalue weighted by molar-refractivity contribution is -0.00000437. The monoisotopic (exact) mass is 367 g/mol. The summed E-state index contributed by atoms with van der Waals surface area (Å²) in [6.07, 6.45) is 1.11. The van der Waals surface area contributed by atoms with Gasteiger partial charge in [0.1, 0.15) is 17.1 Å². The molecule has 1 nitrogen and oxygen atoms in total. The molecule has 0 amide bonds. The third kappa shape index (κ3) is 3.39. The van der Waals surface area contributed by atoms with E-state index in [-0.39, 0.29) is 17.0 Å². The average Bonchev–Trinajstić information content (AvgIpc) is 2.62. The van der Waals surface area contributed by atoms with E-state index in [4.69, 9.17) is 0 Å². The van der Waals surface area contributed by atoms with Gasteiger partial charge in [0, 0.05) is 0 Å². The highest BCUT2D eigenvalue weighted by atomic mass is 79.9. The van der Waals surface area contributed by atoms with Crippen molar-refractivity contribution in [3.8, 4) is 0 Å². The van der Waals surface area contributed by atoms with Gasteiger partial charge in [-0.1, -0.05) is 61.5 Å². The number of para-hydroxylation sites is 3. The fraction of sp³-hybridized carbons (Fsp3) is 0.143. The van der Waals surface area contributed by atoms with E-state index in [0.717, 1.165) is 17.4 Å². The van der Waals surface area contributed by atoms with Gasteiger partial charge in [0.15, 0.2) is 0 Å². The third-order valence-corrected chi connectivity index (χ3v) is 4.15. The van der Waals surface area contributed by atoms with Crippen LogP contribution >= 0.6 is 0 Å². The molecule has 0 unspecified atom stereocenters. The average molecular weight is 368 g/mol. The molecular weight excluding hydrogens is 346 g/mol. The molecule has 3 rings (SSSR count). The number of hydrogen-bond donors (Lipinski definition) is 0. The molecule has 2 heteroatoms. The van der Waals surface area contributed by atoms with Crippen LogP contribution in [0.5, 0.6) is 0 Å². The highest BCUT2D eigenvalue weighted by Gasteiger charge is 2.34. The predicted molar refractivity (Wildman–Crippen MR) is 95.6 cm³/mol. The van der Waals surface area contributed by atoms with Crippen molar-refractivity contribution in [2.45, 2.75) is 13.3 Å². The fourth-order valence-corrected chi connectivity index (χ4v) is 3.22. The number of quaternary nitrogens is 1. The van der Waals surface area contributed by atoms with E-state index >= 15 is 0 Å². The van der Waals surface area contributed by atoms with Gasteiger partial charge in [0.25, 0.3) is 0 Å². The van der Waals surface area contributed by atoms with Gasteiger partial charge in [-0.15, -0.1) is 0 Å². The molecule has 23 heavy (non-hydrogen) atoms. The van der Waals surface area contributed by atoms with Crippen LogP contribution in [0.1, 0.15) is 13.3 Å². The van der Waals surface area contributed by atoms with Gasteiger partial charge in [-0.2, -0.15) is 0 Å². The lowest BCUT2D eigenvalue weighted by Gasteiger charge is -2.37. The van der Waals surface area contributed by atoms with E-state index in [1.54, 1.807) is 0 Å². The molecule has 118 valence electrons. The van der Waals surface area contributed by atoms with E-state index in [2.05, 4.69) is 97.9 Å². The largest absolute Gasteiger partial charge is 1.00 e. The maximum absolute atomic E-state index is 2.25. The minimum atomic E-state index is 0. The molecule has 0 radical (unpaired) electrons. The molecule has 0 saturated carbocycles. The SMILES string of the molecule is CCC[N+](c1ccccc1)(c1ccccc1)c1ccccc1.[Br-]. The van der Waals surface area contributed by atoms with Crippen LogP contribution in [0.4, 0.5) is 17.1 Å². The molecule has 0 spiro atoms. The van der Waals surface area contributed by atoms with Crippen LogP contribution in [-0.4, -0.2) is 6.54 Å². The van der Waals surface area contributed by atoms with Gasteiger partial charge >= 0.3 is 0 Å². The summed E-state index contributed by atoms with van der Waals surface area (Å²) >= 11 is 0. The normalized spacial score (nSPS) is 10.8.